The number of rotatable bonds is 4. The molecule has 0 fully saturated rings. The number of hydrogen-bond donors (Lipinski definition) is 1. The lowest BCUT2D eigenvalue weighted by atomic mass is 10.2. The second-order valence-electron chi connectivity index (χ2n) is 6.31. The third kappa shape index (κ3) is 3.94. The number of ether oxygens (including phenoxy) is 1. The maximum atomic E-state index is 12.2. The Labute approximate surface area is 164 Å². The minimum absolute atomic E-state index is 0.00888. The minimum Gasteiger partial charge on any atom is -0.459 e. The Hall–Kier alpha value is -2.51. The highest BCUT2D eigenvalue weighted by Gasteiger charge is 2.29. The van der Waals surface area contributed by atoms with Crippen molar-refractivity contribution in [2.24, 2.45) is 0 Å². The molecule has 1 aliphatic heterocycles. The predicted molar refractivity (Wildman–Crippen MR) is 104 cm³/mol. The quantitative estimate of drug-likeness (QED) is 0.672. The first kappa shape index (κ1) is 17.9. The van der Waals surface area contributed by atoms with Crippen molar-refractivity contribution < 1.29 is 14.3 Å². The molecule has 0 radical (unpaired) electrons. The van der Waals surface area contributed by atoms with Crippen LogP contribution in [-0.2, 0) is 20.9 Å². The molecular formula is C19H16ClN3O3S. The first-order chi connectivity index (χ1) is 13.0. The molecule has 4 rings (SSSR count). The van der Waals surface area contributed by atoms with Gasteiger partial charge in [-0.25, -0.2) is 4.98 Å². The number of benzene rings is 1. The molecule has 138 valence electrons. The molecule has 1 unspecified atom stereocenters. The van der Waals surface area contributed by atoms with Gasteiger partial charge in [0.15, 0.2) is 0 Å². The Balaban J connectivity index is 1.37. The van der Waals surface area contributed by atoms with E-state index in [0.717, 1.165) is 16.1 Å². The monoisotopic (exact) mass is 401 g/mol. The second kappa shape index (κ2) is 7.25. The van der Waals surface area contributed by atoms with Gasteiger partial charge in [0.25, 0.3) is 0 Å². The summed E-state index contributed by atoms with van der Waals surface area (Å²) in [5.74, 6) is -0.664. The van der Waals surface area contributed by atoms with Crippen LogP contribution in [-0.4, -0.2) is 26.5 Å². The highest BCUT2D eigenvalue weighted by Crippen LogP contribution is 2.38. The smallest absolute Gasteiger partial charge is 0.307 e. The maximum absolute atomic E-state index is 12.2. The van der Waals surface area contributed by atoms with Gasteiger partial charge in [-0.1, -0.05) is 17.7 Å². The Morgan fingerprint density at radius 2 is 2.19 bits per heavy atom. The van der Waals surface area contributed by atoms with E-state index in [1.54, 1.807) is 12.1 Å². The van der Waals surface area contributed by atoms with Gasteiger partial charge in [-0.2, -0.15) is 0 Å². The molecule has 3 heterocycles. The van der Waals surface area contributed by atoms with Gasteiger partial charge in [0.05, 0.1) is 23.1 Å². The molecule has 8 heteroatoms. The lowest BCUT2D eigenvalue weighted by Gasteiger charge is -2.23. The number of anilines is 1. The summed E-state index contributed by atoms with van der Waals surface area (Å²) in [4.78, 5) is 29.7. The van der Waals surface area contributed by atoms with Gasteiger partial charge < -0.3 is 14.5 Å². The zero-order valence-corrected chi connectivity index (χ0v) is 16.0. The van der Waals surface area contributed by atoms with Crippen molar-refractivity contribution in [1.29, 1.82) is 0 Å². The molecule has 0 saturated carbocycles. The number of nitrogens with zero attached hydrogens (tertiary/aromatic N) is 2. The van der Waals surface area contributed by atoms with E-state index in [0.29, 0.717) is 16.4 Å². The van der Waals surface area contributed by atoms with E-state index in [1.807, 2.05) is 41.9 Å². The van der Waals surface area contributed by atoms with Crippen molar-refractivity contribution in [3.63, 3.8) is 0 Å². The van der Waals surface area contributed by atoms with Crippen LogP contribution in [0.1, 0.15) is 17.7 Å². The molecule has 3 aromatic rings. The topological polar surface area (TPSA) is 72.7 Å². The fourth-order valence-electron chi connectivity index (χ4n) is 2.85. The Kier molecular flexibility index (Phi) is 4.80. The van der Waals surface area contributed by atoms with Gasteiger partial charge in [-0.05, 0) is 36.8 Å². The van der Waals surface area contributed by atoms with Crippen LogP contribution in [0, 0.1) is 6.92 Å². The third-order valence-electron chi connectivity index (χ3n) is 4.14. The molecule has 1 aliphatic rings. The molecule has 1 amide bonds. The summed E-state index contributed by atoms with van der Waals surface area (Å²) in [6.07, 6.45) is 3.78. The number of carbonyl (C=O) groups excluding carboxylic acids is 2. The van der Waals surface area contributed by atoms with E-state index in [-0.39, 0.29) is 18.9 Å². The number of aryl methyl sites for hydroxylation is 1. The largest absolute Gasteiger partial charge is 0.459 e. The fourth-order valence-corrected chi connectivity index (χ4v) is 4.09. The molecule has 2 aromatic heterocycles. The number of imidazole rings is 1. The summed E-state index contributed by atoms with van der Waals surface area (Å²) in [7, 11) is 0. The maximum Gasteiger partial charge on any atom is 0.307 e. The predicted octanol–water partition coefficient (Wildman–Crippen LogP) is 3.84. The van der Waals surface area contributed by atoms with Crippen LogP contribution in [0.4, 0.5) is 5.69 Å². The summed E-state index contributed by atoms with van der Waals surface area (Å²) in [5.41, 5.74) is 3.24. The number of nitrogens with one attached hydrogen (secondary N) is 1. The van der Waals surface area contributed by atoms with Crippen LogP contribution in [0.25, 0.3) is 5.65 Å². The molecular weight excluding hydrogens is 386 g/mol. The molecule has 0 aliphatic carbocycles. The summed E-state index contributed by atoms with van der Waals surface area (Å²) in [6, 6.07) is 9.17. The zero-order chi connectivity index (χ0) is 19.0. The normalized spacial score (nSPS) is 16.1. The van der Waals surface area contributed by atoms with Crippen LogP contribution in [0.2, 0.25) is 5.02 Å². The number of pyridine rings is 1. The van der Waals surface area contributed by atoms with Crippen LogP contribution < -0.4 is 5.32 Å². The van der Waals surface area contributed by atoms with Gasteiger partial charge in [0, 0.05) is 22.3 Å². The molecule has 6 nitrogen and oxygen atoms in total. The summed E-state index contributed by atoms with van der Waals surface area (Å²) < 4.78 is 7.21. The van der Waals surface area contributed by atoms with E-state index in [2.05, 4.69) is 10.3 Å². The number of halogens is 1. The molecule has 1 N–H and O–H groups in total. The Bertz CT molecular complexity index is 1050. The first-order valence-electron chi connectivity index (χ1n) is 8.35. The lowest BCUT2D eigenvalue weighted by molar-refractivity contribution is -0.145. The number of esters is 1. The number of aromatic nitrogens is 2. The van der Waals surface area contributed by atoms with E-state index in [4.69, 9.17) is 16.3 Å². The lowest BCUT2D eigenvalue weighted by Crippen LogP contribution is -2.31. The zero-order valence-electron chi connectivity index (χ0n) is 14.4. The molecule has 0 bridgehead atoms. The second-order valence-corrected chi connectivity index (χ2v) is 7.99. The average Bonchev–Trinajstić information content (AvgIpc) is 3.03. The summed E-state index contributed by atoms with van der Waals surface area (Å²) in [6.45, 7) is 2.07. The van der Waals surface area contributed by atoms with Crippen molar-refractivity contribution in [3.05, 3.63) is 59.0 Å². The van der Waals surface area contributed by atoms with Crippen molar-refractivity contribution in [2.75, 3.05) is 5.32 Å². The van der Waals surface area contributed by atoms with Crippen LogP contribution in [0.15, 0.2) is 47.6 Å². The van der Waals surface area contributed by atoms with E-state index < -0.39 is 11.2 Å². The van der Waals surface area contributed by atoms with Crippen LogP contribution in [0.3, 0.4) is 0 Å². The van der Waals surface area contributed by atoms with Crippen molar-refractivity contribution in [2.45, 2.75) is 30.1 Å². The van der Waals surface area contributed by atoms with Gasteiger partial charge in [0.1, 0.15) is 12.3 Å². The van der Waals surface area contributed by atoms with Gasteiger partial charge in [-0.3, -0.25) is 9.59 Å². The molecule has 1 aromatic carbocycles. The number of thioether (sulfide) groups is 1. The van der Waals surface area contributed by atoms with Crippen LogP contribution in [0.5, 0.6) is 0 Å². The molecule has 0 saturated heterocycles. The summed E-state index contributed by atoms with van der Waals surface area (Å²) in [5, 5.41) is 2.80. The van der Waals surface area contributed by atoms with E-state index in [9.17, 15) is 9.59 Å². The average molecular weight is 402 g/mol. The molecule has 27 heavy (non-hydrogen) atoms. The standard InChI is InChI=1S/C19H16ClN3O3S/c1-11-2-5-17-21-13(9-23(17)8-11)10-26-18(24)7-16-19(25)22-14-6-12(20)3-4-15(14)27-16/h2-6,8-9,16H,7,10H2,1H3,(H,22,25). The number of amides is 1. The van der Waals surface area contributed by atoms with Gasteiger partial charge in [-0.15, -0.1) is 11.8 Å². The fraction of sp³-hybridized carbons (Fsp3) is 0.211. The SMILES string of the molecule is Cc1ccc2nc(COC(=O)CC3Sc4ccc(Cl)cc4NC3=O)cn2c1. The van der Waals surface area contributed by atoms with Crippen molar-refractivity contribution >= 4 is 46.6 Å². The number of fused-ring (bicyclic) bond motifs is 2. The Morgan fingerprint density at radius 3 is 3.04 bits per heavy atom. The highest BCUT2D eigenvalue weighted by molar-refractivity contribution is 8.01. The third-order valence-corrected chi connectivity index (χ3v) is 5.65. The van der Waals surface area contributed by atoms with Crippen molar-refractivity contribution in [3.8, 4) is 0 Å². The number of carbonyl (C=O) groups is 2. The van der Waals surface area contributed by atoms with Gasteiger partial charge in [0.2, 0.25) is 5.91 Å². The van der Waals surface area contributed by atoms with E-state index in [1.165, 1.54) is 11.8 Å². The van der Waals surface area contributed by atoms with Gasteiger partial charge >= 0.3 is 5.97 Å². The summed E-state index contributed by atoms with van der Waals surface area (Å²) >= 11 is 7.28. The Morgan fingerprint density at radius 1 is 1.33 bits per heavy atom. The molecule has 1 atom stereocenters. The first-order valence-corrected chi connectivity index (χ1v) is 9.60. The number of hydrogen-bond acceptors (Lipinski definition) is 5. The highest BCUT2D eigenvalue weighted by atomic mass is 35.5. The van der Waals surface area contributed by atoms with Crippen LogP contribution >= 0.6 is 23.4 Å². The minimum atomic E-state index is -0.533. The van der Waals surface area contributed by atoms with E-state index >= 15 is 0 Å². The van der Waals surface area contributed by atoms with Crippen molar-refractivity contribution in [1.82, 2.24) is 9.38 Å². The molecule has 0 spiro atoms.